The quantitative estimate of drug-likeness (QED) is 0.510. The minimum atomic E-state index is -3.63. The molecule has 1 heterocycles. The van der Waals surface area contributed by atoms with Gasteiger partial charge in [-0.2, -0.15) is 0 Å². The summed E-state index contributed by atoms with van der Waals surface area (Å²) in [6, 6.07) is 21.6. The highest BCUT2D eigenvalue weighted by Crippen LogP contribution is 2.26. The van der Waals surface area contributed by atoms with Crippen LogP contribution in [0.25, 0.3) is 0 Å². The number of piperazine rings is 1. The second-order valence-electron chi connectivity index (χ2n) is 9.17. The van der Waals surface area contributed by atoms with Crippen LogP contribution in [0.4, 0.5) is 15.8 Å². The van der Waals surface area contributed by atoms with Gasteiger partial charge < -0.3 is 9.80 Å². The molecule has 4 rings (SSSR count). The van der Waals surface area contributed by atoms with Crippen LogP contribution in [0.1, 0.15) is 17.2 Å². The highest BCUT2D eigenvalue weighted by Gasteiger charge is 2.27. The summed E-state index contributed by atoms with van der Waals surface area (Å²) in [5.41, 5.74) is 4.17. The molecule has 3 aromatic carbocycles. The van der Waals surface area contributed by atoms with E-state index in [1.165, 1.54) is 12.1 Å². The zero-order valence-electron chi connectivity index (χ0n) is 20.5. The number of hydrogen-bond donors (Lipinski definition) is 1. The summed E-state index contributed by atoms with van der Waals surface area (Å²) in [5, 5.41) is 0. The van der Waals surface area contributed by atoms with Gasteiger partial charge in [-0.05, 0) is 61.0 Å². The predicted octanol–water partition coefficient (Wildman–Crippen LogP) is 4.04. The summed E-state index contributed by atoms with van der Waals surface area (Å²) in [7, 11) is 0.365. The zero-order chi connectivity index (χ0) is 25.0. The zero-order valence-corrected chi connectivity index (χ0v) is 21.3. The molecule has 1 aliphatic rings. The molecule has 1 atom stereocenters. The maximum absolute atomic E-state index is 13.3. The normalized spacial score (nSPS) is 15.7. The molecule has 6 nitrogen and oxygen atoms in total. The molecule has 0 saturated carbocycles. The van der Waals surface area contributed by atoms with Gasteiger partial charge in [0.1, 0.15) is 5.82 Å². The SMILES string of the molecule is Cc1ccc(S(=O)(=O)NCC(c2ccc(N(C)C)cc2)N2CCN(c3ccc(F)cc3)CC2)cc1. The number of rotatable bonds is 8. The Labute approximate surface area is 208 Å². The van der Waals surface area contributed by atoms with Gasteiger partial charge in [-0.25, -0.2) is 17.5 Å². The monoisotopic (exact) mass is 496 g/mol. The standard InChI is InChI=1S/C27H33FN4O2S/c1-21-4-14-26(15-5-21)35(33,34)29-20-27(22-6-10-24(11-7-22)30(2)3)32-18-16-31(17-19-32)25-12-8-23(28)9-13-25/h4-15,27,29H,16-20H2,1-3H3. The van der Waals surface area contributed by atoms with Crippen molar-refractivity contribution < 1.29 is 12.8 Å². The largest absolute Gasteiger partial charge is 0.378 e. The molecule has 0 spiro atoms. The first-order valence-corrected chi connectivity index (χ1v) is 13.3. The maximum atomic E-state index is 13.3. The van der Waals surface area contributed by atoms with Crippen molar-refractivity contribution in [1.29, 1.82) is 0 Å². The fraction of sp³-hybridized carbons (Fsp3) is 0.333. The van der Waals surface area contributed by atoms with Crippen LogP contribution in [-0.4, -0.2) is 60.1 Å². The minimum Gasteiger partial charge on any atom is -0.378 e. The van der Waals surface area contributed by atoms with E-state index in [4.69, 9.17) is 0 Å². The van der Waals surface area contributed by atoms with Gasteiger partial charge >= 0.3 is 0 Å². The Balaban J connectivity index is 1.51. The van der Waals surface area contributed by atoms with Crippen LogP contribution in [0.2, 0.25) is 0 Å². The number of anilines is 2. The third kappa shape index (κ3) is 6.20. The van der Waals surface area contributed by atoms with Crippen LogP contribution in [0, 0.1) is 12.7 Å². The molecule has 0 bridgehead atoms. The van der Waals surface area contributed by atoms with E-state index < -0.39 is 10.0 Å². The fourth-order valence-corrected chi connectivity index (χ4v) is 5.42. The average molecular weight is 497 g/mol. The van der Waals surface area contributed by atoms with Gasteiger partial charge in [-0.15, -0.1) is 0 Å². The Bertz CT molecular complexity index is 1210. The summed E-state index contributed by atoms with van der Waals surface area (Å²) < 4.78 is 42.2. The van der Waals surface area contributed by atoms with Gasteiger partial charge in [0.2, 0.25) is 10.0 Å². The average Bonchev–Trinajstić information content (AvgIpc) is 2.85. The highest BCUT2D eigenvalue weighted by atomic mass is 32.2. The Morgan fingerprint density at radius 3 is 2.06 bits per heavy atom. The number of nitrogens with zero attached hydrogens (tertiary/aromatic N) is 3. The van der Waals surface area contributed by atoms with Crippen LogP contribution >= 0.6 is 0 Å². The van der Waals surface area contributed by atoms with E-state index in [1.807, 2.05) is 25.9 Å². The molecule has 1 saturated heterocycles. The minimum absolute atomic E-state index is 0.109. The fourth-order valence-electron chi connectivity index (χ4n) is 4.39. The number of halogens is 1. The number of hydrogen-bond acceptors (Lipinski definition) is 5. The van der Waals surface area contributed by atoms with E-state index in [-0.39, 0.29) is 23.3 Å². The van der Waals surface area contributed by atoms with E-state index in [2.05, 4.69) is 38.8 Å². The topological polar surface area (TPSA) is 55.9 Å². The van der Waals surface area contributed by atoms with Gasteiger partial charge in [0, 0.05) is 64.2 Å². The molecule has 1 aliphatic heterocycles. The summed E-state index contributed by atoms with van der Waals surface area (Å²) in [6.07, 6.45) is 0. The third-order valence-electron chi connectivity index (χ3n) is 6.54. The Morgan fingerprint density at radius 2 is 1.49 bits per heavy atom. The first-order chi connectivity index (χ1) is 16.7. The summed E-state index contributed by atoms with van der Waals surface area (Å²) in [4.78, 5) is 6.87. The number of aryl methyl sites for hydroxylation is 1. The van der Waals surface area contributed by atoms with Crippen molar-refractivity contribution in [2.24, 2.45) is 0 Å². The van der Waals surface area contributed by atoms with Crippen LogP contribution < -0.4 is 14.5 Å². The molecule has 186 valence electrons. The van der Waals surface area contributed by atoms with Crippen LogP contribution in [0.15, 0.2) is 77.7 Å². The summed E-state index contributed by atoms with van der Waals surface area (Å²) >= 11 is 0. The molecule has 3 aromatic rings. The van der Waals surface area contributed by atoms with Crippen molar-refractivity contribution in [3.8, 4) is 0 Å². The van der Waals surface area contributed by atoms with E-state index in [9.17, 15) is 12.8 Å². The lowest BCUT2D eigenvalue weighted by atomic mass is 10.0. The molecule has 0 aliphatic carbocycles. The van der Waals surface area contributed by atoms with E-state index in [0.29, 0.717) is 0 Å². The van der Waals surface area contributed by atoms with Crippen molar-refractivity contribution >= 4 is 21.4 Å². The van der Waals surface area contributed by atoms with Crippen LogP contribution in [0.3, 0.4) is 0 Å². The molecular formula is C27H33FN4O2S. The molecule has 1 fully saturated rings. The number of nitrogens with one attached hydrogen (secondary N) is 1. The molecule has 1 unspecified atom stereocenters. The van der Waals surface area contributed by atoms with Gasteiger partial charge in [0.05, 0.1) is 4.90 Å². The molecule has 1 N–H and O–H groups in total. The van der Waals surface area contributed by atoms with Gasteiger partial charge in [-0.3, -0.25) is 4.90 Å². The number of benzene rings is 3. The molecule has 0 amide bonds. The lowest BCUT2D eigenvalue weighted by Crippen LogP contribution is -2.49. The Kier molecular flexibility index (Phi) is 7.74. The van der Waals surface area contributed by atoms with E-state index in [1.54, 1.807) is 36.4 Å². The first-order valence-electron chi connectivity index (χ1n) is 11.8. The molecule has 35 heavy (non-hydrogen) atoms. The van der Waals surface area contributed by atoms with Gasteiger partial charge in [0.15, 0.2) is 0 Å². The summed E-state index contributed by atoms with van der Waals surface area (Å²) in [6.45, 7) is 5.30. The van der Waals surface area contributed by atoms with Gasteiger partial charge in [-0.1, -0.05) is 29.8 Å². The van der Waals surface area contributed by atoms with Gasteiger partial charge in [0.25, 0.3) is 0 Å². The van der Waals surface area contributed by atoms with Crippen molar-refractivity contribution in [3.05, 3.63) is 89.7 Å². The van der Waals surface area contributed by atoms with E-state index >= 15 is 0 Å². The predicted molar refractivity (Wildman–Crippen MR) is 140 cm³/mol. The molecule has 0 aromatic heterocycles. The molecule has 8 heteroatoms. The van der Waals surface area contributed by atoms with Crippen molar-refractivity contribution in [2.75, 3.05) is 56.6 Å². The summed E-state index contributed by atoms with van der Waals surface area (Å²) in [5.74, 6) is -0.241. The van der Waals surface area contributed by atoms with Crippen molar-refractivity contribution in [2.45, 2.75) is 17.9 Å². The molecule has 0 radical (unpaired) electrons. The second kappa shape index (κ2) is 10.8. The van der Waals surface area contributed by atoms with E-state index in [0.717, 1.165) is 48.7 Å². The Hall–Kier alpha value is -2.94. The van der Waals surface area contributed by atoms with Crippen molar-refractivity contribution in [1.82, 2.24) is 9.62 Å². The smallest absolute Gasteiger partial charge is 0.240 e. The third-order valence-corrected chi connectivity index (χ3v) is 7.98. The van der Waals surface area contributed by atoms with Crippen LogP contribution in [-0.2, 0) is 10.0 Å². The van der Waals surface area contributed by atoms with Crippen LogP contribution in [0.5, 0.6) is 0 Å². The van der Waals surface area contributed by atoms with Crippen molar-refractivity contribution in [3.63, 3.8) is 0 Å². The lowest BCUT2D eigenvalue weighted by Gasteiger charge is -2.40. The molecular weight excluding hydrogens is 463 g/mol. The number of sulfonamides is 1. The highest BCUT2D eigenvalue weighted by molar-refractivity contribution is 7.89. The lowest BCUT2D eigenvalue weighted by molar-refractivity contribution is 0.187. The first kappa shape index (κ1) is 25.2. The Morgan fingerprint density at radius 1 is 0.886 bits per heavy atom. The second-order valence-corrected chi connectivity index (χ2v) is 10.9. The maximum Gasteiger partial charge on any atom is 0.240 e.